The van der Waals surface area contributed by atoms with Crippen molar-refractivity contribution in [1.82, 2.24) is 4.57 Å². The number of carboxylic acids is 1. The average Bonchev–Trinajstić information content (AvgIpc) is 2.81. The minimum absolute atomic E-state index is 0.351. The van der Waals surface area contributed by atoms with Crippen molar-refractivity contribution >= 4 is 5.97 Å². The Morgan fingerprint density at radius 3 is 2.75 bits per heavy atom. The number of aromatic nitrogens is 1. The lowest BCUT2D eigenvalue weighted by Gasteiger charge is -2.06. The predicted octanol–water partition coefficient (Wildman–Crippen LogP) is 2.44. The number of carbonyl (C=O) groups is 1. The molecule has 2 heterocycles. The number of aromatic carboxylic acids is 1. The first kappa shape index (κ1) is 10.5. The van der Waals surface area contributed by atoms with Crippen molar-refractivity contribution in [3.8, 4) is 0 Å². The van der Waals surface area contributed by atoms with Crippen molar-refractivity contribution in [2.45, 2.75) is 20.4 Å². The van der Waals surface area contributed by atoms with Gasteiger partial charge in [0.2, 0.25) is 0 Å². The normalized spacial score (nSPS) is 10.6. The molecule has 0 saturated heterocycles. The van der Waals surface area contributed by atoms with Crippen LogP contribution in [0.3, 0.4) is 0 Å². The molecule has 2 aromatic rings. The molecule has 0 bridgehead atoms. The highest BCUT2D eigenvalue weighted by Crippen LogP contribution is 2.17. The van der Waals surface area contributed by atoms with E-state index in [2.05, 4.69) is 0 Å². The lowest BCUT2D eigenvalue weighted by molar-refractivity contribution is 0.0696. The van der Waals surface area contributed by atoms with E-state index in [1.165, 1.54) is 0 Å². The van der Waals surface area contributed by atoms with Gasteiger partial charge in [0.1, 0.15) is 5.76 Å². The van der Waals surface area contributed by atoms with Gasteiger partial charge in [-0.3, -0.25) is 0 Å². The summed E-state index contributed by atoms with van der Waals surface area (Å²) in [6, 6.07) is 5.38. The Bertz CT molecular complexity index is 509. The van der Waals surface area contributed by atoms with Crippen LogP contribution in [0.5, 0.6) is 0 Å². The Hall–Kier alpha value is -1.97. The van der Waals surface area contributed by atoms with Gasteiger partial charge in [0.25, 0.3) is 0 Å². The third-order valence-corrected chi connectivity index (χ3v) is 2.70. The van der Waals surface area contributed by atoms with Crippen LogP contribution in [0, 0.1) is 13.8 Å². The maximum Gasteiger partial charge on any atom is 0.337 e. The Morgan fingerprint density at radius 1 is 1.50 bits per heavy atom. The molecule has 1 N–H and O–H groups in total. The summed E-state index contributed by atoms with van der Waals surface area (Å²) in [7, 11) is 0. The highest BCUT2D eigenvalue weighted by atomic mass is 16.4. The topological polar surface area (TPSA) is 55.4 Å². The standard InChI is InChI=1S/C12H13NO3/c1-8-6-11(12(14)15)9(2)13(8)7-10-4-3-5-16-10/h3-6H,7H2,1-2H3,(H,14,15). The van der Waals surface area contributed by atoms with E-state index in [0.29, 0.717) is 12.1 Å². The number of carboxylic acid groups (broad SMARTS) is 1. The van der Waals surface area contributed by atoms with Crippen molar-refractivity contribution < 1.29 is 14.3 Å². The molecule has 0 fully saturated rings. The van der Waals surface area contributed by atoms with Gasteiger partial charge in [0.05, 0.1) is 18.4 Å². The minimum atomic E-state index is -0.890. The summed E-state index contributed by atoms with van der Waals surface area (Å²) >= 11 is 0. The maximum absolute atomic E-state index is 11.0. The van der Waals surface area contributed by atoms with E-state index >= 15 is 0 Å². The Kier molecular flexibility index (Phi) is 2.56. The van der Waals surface area contributed by atoms with Crippen molar-refractivity contribution in [3.63, 3.8) is 0 Å². The fraction of sp³-hybridized carbons (Fsp3) is 0.250. The summed E-state index contributed by atoms with van der Waals surface area (Å²) in [5.41, 5.74) is 2.02. The molecule has 0 aromatic carbocycles. The third kappa shape index (κ3) is 1.74. The molecule has 2 rings (SSSR count). The predicted molar refractivity (Wildman–Crippen MR) is 58.7 cm³/mol. The van der Waals surface area contributed by atoms with Crippen molar-refractivity contribution in [1.29, 1.82) is 0 Å². The summed E-state index contributed by atoms with van der Waals surface area (Å²) in [4.78, 5) is 11.0. The first-order valence-electron chi connectivity index (χ1n) is 5.02. The fourth-order valence-corrected chi connectivity index (χ4v) is 1.82. The smallest absolute Gasteiger partial charge is 0.337 e. The van der Waals surface area contributed by atoms with Crippen LogP contribution < -0.4 is 0 Å². The van der Waals surface area contributed by atoms with Gasteiger partial charge in [-0.15, -0.1) is 0 Å². The highest BCUT2D eigenvalue weighted by Gasteiger charge is 2.14. The summed E-state index contributed by atoms with van der Waals surface area (Å²) in [6.07, 6.45) is 1.61. The van der Waals surface area contributed by atoms with E-state index in [1.807, 2.05) is 23.6 Å². The van der Waals surface area contributed by atoms with Crippen molar-refractivity contribution in [2.24, 2.45) is 0 Å². The first-order chi connectivity index (χ1) is 7.59. The van der Waals surface area contributed by atoms with Gasteiger partial charge >= 0.3 is 5.97 Å². The van der Waals surface area contributed by atoms with Crippen LogP contribution in [0.25, 0.3) is 0 Å². The van der Waals surface area contributed by atoms with E-state index < -0.39 is 5.97 Å². The molecule has 2 aromatic heterocycles. The molecule has 0 aliphatic rings. The Balaban J connectivity index is 2.38. The largest absolute Gasteiger partial charge is 0.478 e. The minimum Gasteiger partial charge on any atom is -0.478 e. The molecule has 4 heteroatoms. The molecule has 0 saturated carbocycles. The lowest BCUT2D eigenvalue weighted by atomic mass is 10.2. The molecule has 0 aliphatic heterocycles. The van der Waals surface area contributed by atoms with Gasteiger partial charge in [-0.05, 0) is 32.0 Å². The second-order valence-electron chi connectivity index (χ2n) is 3.76. The fourth-order valence-electron chi connectivity index (χ4n) is 1.82. The van der Waals surface area contributed by atoms with E-state index in [-0.39, 0.29) is 0 Å². The molecule has 84 valence electrons. The first-order valence-corrected chi connectivity index (χ1v) is 5.02. The highest BCUT2D eigenvalue weighted by molar-refractivity contribution is 5.89. The van der Waals surface area contributed by atoms with Crippen LogP contribution in [-0.4, -0.2) is 15.6 Å². The van der Waals surface area contributed by atoms with Crippen LogP contribution in [-0.2, 0) is 6.54 Å². The molecule has 0 radical (unpaired) electrons. The molecule has 16 heavy (non-hydrogen) atoms. The van der Waals surface area contributed by atoms with Gasteiger partial charge in [-0.25, -0.2) is 4.79 Å². The molecular weight excluding hydrogens is 206 g/mol. The van der Waals surface area contributed by atoms with Gasteiger partial charge in [-0.1, -0.05) is 0 Å². The van der Waals surface area contributed by atoms with Gasteiger partial charge in [0.15, 0.2) is 0 Å². The molecule has 0 unspecified atom stereocenters. The monoisotopic (exact) mass is 219 g/mol. The number of furan rings is 1. The van der Waals surface area contributed by atoms with E-state index in [9.17, 15) is 4.79 Å². The van der Waals surface area contributed by atoms with Gasteiger partial charge < -0.3 is 14.1 Å². The van der Waals surface area contributed by atoms with E-state index in [0.717, 1.165) is 17.1 Å². The summed E-state index contributed by atoms with van der Waals surface area (Å²) in [5.74, 6) is -0.0717. The van der Waals surface area contributed by atoms with Crippen molar-refractivity contribution in [2.75, 3.05) is 0 Å². The zero-order valence-electron chi connectivity index (χ0n) is 9.23. The second-order valence-corrected chi connectivity index (χ2v) is 3.76. The Labute approximate surface area is 93.1 Å². The number of aryl methyl sites for hydroxylation is 1. The van der Waals surface area contributed by atoms with Crippen LogP contribution in [0.1, 0.15) is 27.5 Å². The lowest BCUT2D eigenvalue weighted by Crippen LogP contribution is -2.05. The molecule has 0 atom stereocenters. The van der Waals surface area contributed by atoms with Gasteiger partial charge in [0, 0.05) is 11.4 Å². The number of hydrogen-bond acceptors (Lipinski definition) is 2. The average molecular weight is 219 g/mol. The van der Waals surface area contributed by atoms with Crippen LogP contribution in [0.15, 0.2) is 28.9 Å². The Morgan fingerprint density at radius 2 is 2.25 bits per heavy atom. The molecular formula is C12H13NO3. The number of rotatable bonds is 3. The van der Waals surface area contributed by atoms with Crippen LogP contribution in [0.4, 0.5) is 0 Å². The molecule has 0 spiro atoms. The second kappa shape index (κ2) is 3.89. The number of nitrogens with zero attached hydrogens (tertiary/aromatic N) is 1. The quantitative estimate of drug-likeness (QED) is 0.862. The molecule has 4 nitrogen and oxygen atoms in total. The zero-order valence-corrected chi connectivity index (χ0v) is 9.23. The summed E-state index contributed by atoms with van der Waals surface area (Å²) < 4.78 is 7.18. The zero-order chi connectivity index (χ0) is 11.7. The summed E-state index contributed by atoms with van der Waals surface area (Å²) in [6.45, 7) is 4.26. The number of hydrogen-bond donors (Lipinski definition) is 1. The van der Waals surface area contributed by atoms with Crippen molar-refractivity contribution in [3.05, 3.63) is 47.2 Å². The van der Waals surface area contributed by atoms with Gasteiger partial charge in [-0.2, -0.15) is 0 Å². The van der Waals surface area contributed by atoms with Crippen LogP contribution in [0.2, 0.25) is 0 Å². The maximum atomic E-state index is 11.0. The van der Waals surface area contributed by atoms with E-state index in [4.69, 9.17) is 9.52 Å². The molecule has 0 amide bonds. The van der Waals surface area contributed by atoms with Crippen LogP contribution >= 0.6 is 0 Å². The third-order valence-electron chi connectivity index (χ3n) is 2.70. The summed E-state index contributed by atoms with van der Waals surface area (Å²) in [5, 5.41) is 8.99. The molecule has 0 aliphatic carbocycles. The van der Waals surface area contributed by atoms with E-state index in [1.54, 1.807) is 19.3 Å². The SMILES string of the molecule is Cc1cc(C(=O)O)c(C)n1Cc1ccco1.